The number of likely N-dealkylation sites (tertiary alicyclic amines) is 1. The topological polar surface area (TPSA) is 24.5 Å². The Balaban J connectivity index is 1.44. The van der Waals surface area contributed by atoms with Crippen molar-refractivity contribution in [1.82, 2.24) is 4.90 Å². The lowest BCUT2D eigenvalue weighted by atomic mass is 9.87. The lowest BCUT2D eigenvalue weighted by molar-refractivity contribution is -0.00193. The summed E-state index contributed by atoms with van der Waals surface area (Å²) in [5.41, 5.74) is 1.70. The number of rotatable bonds is 2. The first kappa shape index (κ1) is 15.5. The molecule has 0 radical (unpaired) electrons. The highest BCUT2D eigenvalue weighted by Gasteiger charge is 2.38. The lowest BCUT2D eigenvalue weighted by Gasteiger charge is -2.41. The van der Waals surface area contributed by atoms with E-state index in [2.05, 4.69) is 40.5 Å². The number of nitrogens with one attached hydrogen (secondary N) is 1. The molecule has 0 amide bonds. The van der Waals surface area contributed by atoms with Crippen molar-refractivity contribution in [3.63, 3.8) is 0 Å². The van der Waals surface area contributed by atoms with Crippen molar-refractivity contribution in [2.75, 3.05) is 25.0 Å². The number of para-hydroxylation sites is 1. The summed E-state index contributed by atoms with van der Waals surface area (Å²) >= 11 is 0. The Hall–Kier alpha value is -2.07. The summed E-state index contributed by atoms with van der Waals surface area (Å²) in [6.07, 6.45) is 2.88. The summed E-state index contributed by atoms with van der Waals surface area (Å²) in [6, 6.07) is 15.7. The maximum Gasteiger partial charge on any atom is 0.150 e. The fraction of sp³-hybridized carbons (Fsp3) is 0.400. The third-order valence-corrected chi connectivity index (χ3v) is 5.20. The molecule has 1 fully saturated rings. The maximum atomic E-state index is 14.0. The molecule has 0 atom stereocenters. The Morgan fingerprint density at radius 1 is 1.00 bits per heavy atom. The molecule has 2 aliphatic rings. The minimum atomic E-state index is -0.230. The van der Waals surface area contributed by atoms with Crippen molar-refractivity contribution in [2.45, 2.75) is 31.4 Å². The number of hydrogen-bond donors (Lipinski definition) is 1. The second-order valence-corrected chi connectivity index (χ2v) is 6.84. The SMILES string of the molecule is Fc1cccc2c1NCCC1(CCN(Cc3ccccc3)CC1)O2. The fourth-order valence-corrected chi connectivity index (χ4v) is 3.77. The van der Waals surface area contributed by atoms with Crippen LogP contribution in [0.25, 0.3) is 0 Å². The smallest absolute Gasteiger partial charge is 0.150 e. The molecule has 2 aromatic carbocycles. The summed E-state index contributed by atoms with van der Waals surface area (Å²) in [5, 5.41) is 3.20. The first-order valence-corrected chi connectivity index (χ1v) is 8.72. The van der Waals surface area contributed by atoms with Gasteiger partial charge in [0.2, 0.25) is 0 Å². The zero-order chi connectivity index (χ0) is 16.4. The number of anilines is 1. The summed E-state index contributed by atoms with van der Waals surface area (Å²) in [7, 11) is 0. The molecule has 4 rings (SSSR count). The molecule has 2 aromatic rings. The molecule has 24 heavy (non-hydrogen) atoms. The van der Waals surface area contributed by atoms with E-state index in [-0.39, 0.29) is 11.4 Å². The Morgan fingerprint density at radius 2 is 1.79 bits per heavy atom. The quantitative estimate of drug-likeness (QED) is 0.901. The molecule has 4 heteroatoms. The van der Waals surface area contributed by atoms with Crippen molar-refractivity contribution in [3.8, 4) is 5.75 Å². The third kappa shape index (κ3) is 3.11. The van der Waals surface area contributed by atoms with Gasteiger partial charge in [-0.05, 0) is 30.5 Å². The van der Waals surface area contributed by atoms with Crippen LogP contribution in [0.3, 0.4) is 0 Å². The van der Waals surface area contributed by atoms with Crippen LogP contribution >= 0.6 is 0 Å². The zero-order valence-corrected chi connectivity index (χ0v) is 13.8. The molecule has 2 heterocycles. The molecule has 1 saturated heterocycles. The van der Waals surface area contributed by atoms with Crippen LogP contribution in [0.5, 0.6) is 5.75 Å². The third-order valence-electron chi connectivity index (χ3n) is 5.20. The number of benzene rings is 2. The molecule has 1 spiro atoms. The summed E-state index contributed by atoms with van der Waals surface area (Å²) < 4.78 is 20.3. The van der Waals surface area contributed by atoms with Crippen molar-refractivity contribution in [1.29, 1.82) is 0 Å². The van der Waals surface area contributed by atoms with Crippen LogP contribution < -0.4 is 10.1 Å². The van der Waals surface area contributed by atoms with E-state index in [0.29, 0.717) is 11.4 Å². The minimum absolute atomic E-state index is 0.167. The van der Waals surface area contributed by atoms with Crippen LogP contribution in [0, 0.1) is 5.82 Å². The monoisotopic (exact) mass is 326 g/mol. The number of nitrogens with zero attached hydrogens (tertiary/aromatic N) is 1. The highest BCUT2D eigenvalue weighted by molar-refractivity contribution is 5.58. The van der Waals surface area contributed by atoms with Crippen molar-refractivity contribution in [2.24, 2.45) is 0 Å². The van der Waals surface area contributed by atoms with Gasteiger partial charge in [0.1, 0.15) is 22.9 Å². The van der Waals surface area contributed by atoms with Crippen LogP contribution in [0.1, 0.15) is 24.8 Å². The van der Waals surface area contributed by atoms with Crippen molar-refractivity contribution >= 4 is 5.69 Å². The highest BCUT2D eigenvalue weighted by atomic mass is 19.1. The van der Waals surface area contributed by atoms with E-state index in [1.807, 2.05) is 6.07 Å². The predicted molar refractivity (Wildman–Crippen MR) is 93.8 cm³/mol. The molecule has 2 aliphatic heterocycles. The van der Waals surface area contributed by atoms with E-state index >= 15 is 0 Å². The first-order valence-electron chi connectivity index (χ1n) is 8.72. The van der Waals surface area contributed by atoms with Crippen LogP contribution in [-0.4, -0.2) is 30.1 Å². The molecule has 0 aromatic heterocycles. The molecule has 1 N–H and O–H groups in total. The van der Waals surface area contributed by atoms with E-state index in [9.17, 15) is 4.39 Å². The second-order valence-electron chi connectivity index (χ2n) is 6.84. The molecule has 3 nitrogen and oxygen atoms in total. The van der Waals surface area contributed by atoms with E-state index in [1.165, 1.54) is 11.6 Å². The van der Waals surface area contributed by atoms with Gasteiger partial charge in [0.25, 0.3) is 0 Å². The minimum Gasteiger partial charge on any atom is -0.485 e. The van der Waals surface area contributed by atoms with Crippen molar-refractivity contribution < 1.29 is 9.13 Å². The Bertz CT molecular complexity index is 696. The lowest BCUT2D eigenvalue weighted by Crippen LogP contribution is -2.48. The molecule has 126 valence electrons. The van der Waals surface area contributed by atoms with Crippen LogP contribution in [0.2, 0.25) is 0 Å². The summed E-state index contributed by atoms with van der Waals surface area (Å²) in [5.74, 6) is 0.426. The van der Waals surface area contributed by atoms with Gasteiger partial charge in [-0.15, -0.1) is 0 Å². The van der Waals surface area contributed by atoms with Gasteiger partial charge < -0.3 is 10.1 Å². The van der Waals surface area contributed by atoms with Gasteiger partial charge in [0.15, 0.2) is 0 Å². The number of piperidine rings is 1. The number of hydrogen-bond acceptors (Lipinski definition) is 3. The Morgan fingerprint density at radius 3 is 2.58 bits per heavy atom. The van der Waals surface area contributed by atoms with Gasteiger partial charge in [-0.25, -0.2) is 4.39 Å². The van der Waals surface area contributed by atoms with Crippen molar-refractivity contribution in [3.05, 3.63) is 59.9 Å². The van der Waals surface area contributed by atoms with Gasteiger partial charge in [-0.3, -0.25) is 4.90 Å². The summed E-state index contributed by atoms with van der Waals surface area (Å²) in [6.45, 7) is 3.77. The van der Waals surface area contributed by atoms with Gasteiger partial charge in [-0.1, -0.05) is 36.4 Å². The standard InChI is InChI=1S/C20H23FN2O/c21-17-7-4-8-18-19(17)22-12-9-20(24-18)10-13-23(14-11-20)15-16-5-2-1-3-6-16/h1-8,22H,9-15H2. The first-order chi connectivity index (χ1) is 11.7. The average molecular weight is 326 g/mol. The molecule has 0 saturated carbocycles. The average Bonchev–Trinajstić information content (AvgIpc) is 2.78. The summed E-state index contributed by atoms with van der Waals surface area (Å²) in [4.78, 5) is 2.48. The number of fused-ring (bicyclic) bond motifs is 1. The van der Waals surface area contributed by atoms with E-state index in [4.69, 9.17) is 4.74 Å². The molecule has 0 aliphatic carbocycles. The Kier molecular flexibility index (Phi) is 4.15. The van der Waals surface area contributed by atoms with Gasteiger partial charge in [-0.2, -0.15) is 0 Å². The number of ether oxygens (including phenoxy) is 1. The maximum absolute atomic E-state index is 14.0. The van der Waals surface area contributed by atoms with Gasteiger partial charge in [0.05, 0.1) is 0 Å². The largest absolute Gasteiger partial charge is 0.485 e. The molecular weight excluding hydrogens is 303 g/mol. The van der Waals surface area contributed by atoms with E-state index in [1.54, 1.807) is 6.07 Å². The highest BCUT2D eigenvalue weighted by Crippen LogP contribution is 2.39. The van der Waals surface area contributed by atoms with E-state index in [0.717, 1.165) is 45.4 Å². The van der Waals surface area contributed by atoms with Crippen LogP contribution in [-0.2, 0) is 6.54 Å². The van der Waals surface area contributed by atoms with Gasteiger partial charge >= 0.3 is 0 Å². The normalized spacial score (nSPS) is 19.9. The second kappa shape index (κ2) is 6.44. The molecule has 0 unspecified atom stereocenters. The van der Waals surface area contributed by atoms with Gasteiger partial charge in [0, 0.05) is 32.6 Å². The predicted octanol–water partition coefficient (Wildman–Crippen LogP) is 4.05. The van der Waals surface area contributed by atoms with E-state index < -0.39 is 0 Å². The molecular formula is C20H23FN2O. The fourth-order valence-electron chi connectivity index (χ4n) is 3.77. The van der Waals surface area contributed by atoms with Crippen LogP contribution in [0.15, 0.2) is 48.5 Å². The number of halogens is 1. The van der Waals surface area contributed by atoms with Crippen LogP contribution in [0.4, 0.5) is 10.1 Å². The zero-order valence-electron chi connectivity index (χ0n) is 13.8. The Labute approximate surface area is 142 Å². The molecule has 0 bridgehead atoms.